The van der Waals surface area contributed by atoms with E-state index in [0.717, 1.165) is 12.3 Å². The topological polar surface area (TPSA) is 45.2 Å². The third-order valence-electron chi connectivity index (χ3n) is 2.93. The summed E-state index contributed by atoms with van der Waals surface area (Å²) in [5.74, 6) is -1.22. The number of nitrogens with zero attached hydrogens (tertiary/aromatic N) is 2. The van der Waals surface area contributed by atoms with Crippen LogP contribution in [0.5, 0.6) is 0 Å². The van der Waals surface area contributed by atoms with E-state index in [2.05, 4.69) is 10.3 Å². The van der Waals surface area contributed by atoms with Crippen molar-refractivity contribution in [2.45, 2.75) is 6.92 Å². The van der Waals surface area contributed by atoms with Crippen molar-refractivity contribution in [2.75, 3.05) is 23.8 Å². The second-order valence-electron chi connectivity index (χ2n) is 4.42. The van der Waals surface area contributed by atoms with Crippen LogP contribution in [0.2, 0.25) is 0 Å². The van der Waals surface area contributed by atoms with Gasteiger partial charge in [-0.3, -0.25) is 4.79 Å². The number of halogens is 2. The number of hydrogen-bond donors (Lipinski definition) is 1. The molecule has 0 spiro atoms. The fourth-order valence-corrected chi connectivity index (χ4v) is 1.89. The van der Waals surface area contributed by atoms with Crippen LogP contribution in [0.1, 0.15) is 17.3 Å². The van der Waals surface area contributed by atoms with Crippen LogP contribution in [0.4, 0.5) is 20.3 Å². The predicted molar refractivity (Wildman–Crippen MR) is 77.5 cm³/mol. The Morgan fingerprint density at radius 3 is 2.71 bits per heavy atom. The maximum absolute atomic E-state index is 13.4. The first-order valence-corrected chi connectivity index (χ1v) is 6.46. The van der Waals surface area contributed by atoms with Crippen LogP contribution in [0.15, 0.2) is 36.5 Å². The molecule has 0 aliphatic heterocycles. The van der Waals surface area contributed by atoms with Crippen molar-refractivity contribution in [1.29, 1.82) is 0 Å². The summed E-state index contributed by atoms with van der Waals surface area (Å²) in [4.78, 5) is 17.6. The molecule has 2 rings (SSSR count). The zero-order chi connectivity index (χ0) is 15.4. The Hall–Kier alpha value is -2.50. The van der Waals surface area contributed by atoms with Gasteiger partial charge in [0.2, 0.25) is 0 Å². The molecule has 0 radical (unpaired) electrons. The molecule has 0 fully saturated rings. The van der Waals surface area contributed by atoms with E-state index >= 15 is 0 Å². The van der Waals surface area contributed by atoms with Crippen LogP contribution >= 0.6 is 0 Å². The standard InChI is InChI=1S/C15H15F2N3O/c1-3-18-14-13(8-11(17)9-19-14)15(21)20(2)12-6-4-5-10(16)7-12/h4-9H,3H2,1-2H3,(H,18,19). The summed E-state index contributed by atoms with van der Waals surface area (Å²) in [7, 11) is 1.50. The number of carbonyl (C=O) groups is 1. The monoisotopic (exact) mass is 291 g/mol. The lowest BCUT2D eigenvalue weighted by Crippen LogP contribution is -2.27. The van der Waals surface area contributed by atoms with Crippen molar-refractivity contribution >= 4 is 17.4 Å². The molecule has 1 aromatic heterocycles. The second-order valence-corrected chi connectivity index (χ2v) is 4.42. The van der Waals surface area contributed by atoms with Crippen LogP contribution in [0.3, 0.4) is 0 Å². The van der Waals surface area contributed by atoms with E-state index in [9.17, 15) is 13.6 Å². The molecule has 1 N–H and O–H groups in total. The fourth-order valence-electron chi connectivity index (χ4n) is 1.89. The second kappa shape index (κ2) is 6.30. The highest BCUT2D eigenvalue weighted by Crippen LogP contribution is 2.20. The van der Waals surface area contributed by atoms with Crippen molar-refractivity contribution in [3.8, 4) is 0 Å². The minimum Gasteiger partial charge on any atom is -0.370 e. The van der Waals surface area contributed by atoms with Crippen molar-refractivity contribution in [3.05, 3.63) is 53.7 Å². The van der Waals surface area contributed by atoms with Crippen molar-refractivity contribution < 1.29 is 13.6 Å². The predicted octanol–water partition coefficient (Wildman–Crippen LogP) is 3.07. The van der Waals surface area contributed by atoms with Gasteiger partial charge in [-0.1, -0.05) is 6.07 Å². The van der Waals surface area contributed by atoms with Crippen LogP contribution in [-0.4, -0.2) is 24.5 Å². The van der Waals surface area contributed by atoms with Gasteiger partial charge in [0.15, 0.2) is 0 Å². The fraction of sp³-hybridized carbons (Fsp3) is 0.200. The Morgan fingerprint density at radius 2 is 2.05 bits per heavy atom. The molecule has 4 nitrogen and oxygen atoms in total. The molecule has 0 atom stereocenters. The summed E-state index contributed by atoms with van der Waals surface area (Å²) < 4.78 is 26.6. The zero-order valence-corrected chi connectivity index (χ0v) is 11.7. The van der Waals surface area contributed by atoms with Gasteiger partial charge in [0.05, 0.1) is 11.8 Å². The summed E-state index contributed by atoms with van der Waals surface area (Å²) >= 11 is 0. The average molecular weight is 291 g/mol. The first-order chi connectivity index (χ1) is 10.0. The SMILES string of the molecule is CCNc1ncc(F)cc1C(=O)N(C)c1cccc(F)c1. The Kier molecular flexibility index (Phi) is 4.47. The molecule has 1 aromatic carbocycles. The van der Waals surface area contributed by atoms with E-state index in [1.807, 2.05) is 6.92 Å². The largest absolute Gasteiger partial charge is 0.370 e. The maximum Gasteiger partial charge on any atom is 0.261 e. The molecule has 0 aliphatic rings. The lowest BCUT2D eigenvalue weighted by Gasteiger charge is -2.19. The summed E-state index contributed by atoms with van der Waals surface area (Å²) in [5, 5.41) is 2.90. The Labute approximate surface area is 121 Å². The summed E-state index contributed by atoms with van der Waals surface area (Å²) in [6.45, 7) is 2.39. The van der Waals surface area contributed by atoms with E-state index in [1.165, 1.54) is 30.1 Å². The van der Waals surface area contributed by atoms with Gasteiger partial charge in [-0.15, -0.1) is 0 Å². The Balaban J connectivity index is 2.37. The molecular weight excluding hydrogens is 276 g/mol. The number of anilines is 2. The van der Waals surface area contributed by atoms with Gasteiger partial charge in [0.25, 0.3) is 5.91 Å². The van der Waals surface area contributed by atoms with Crippen LogP contribution in [-0.2, 0) is 0 Å². The van der Waals surface area contributed by atoms with E-state index in [1.54, 1.807) is 6.07 Å². The summed E-state index contributed by atoms with van der Waals surface area (Å²) in [6.07, 6.45) is 1.04. The minimum absolute atomic E-state index is 0.101. The summed E-state index contributed by atoms with van der Waals surface area (Å²) in [5.41, 5.74) is 0.482. The number of pyridine rings is 1. The molecule has 6 heteroatoms. The molecule has 0 saturated heterocycles. The molecule has 0 bridgehead atoms. The van der Waals surface area contributed by atoms with Crippen LogP contribution in [0, 0.1) is 11.6 Å². The molecule has 1 heterocycles. The Bertz CT molecular complexity index is 661. The smallest absolute Gasteiger partial charge is 0.261 e. The van der Waals surface area contributed by atoms with Crippen molar-refractivity contribution in [3.63, 3.8) is 0 Å². The molecule has 0 aliphatic carbocycles. The van der Waals surface area contributed by atoms with E-state index < -0.39 is 17.5 Å². The first-order valence-electron chi connectivity index (χ1n) is 6.46. The van der Waals surface area contributed by atoms with Crippen molar-refractivity contribution in [2.24, 2.45) is 0 Å². The minimum atomic E-state index is -0.604. The van der Waals surface area contributed by atoms with Gasteiger partial charge in [0.1, 0.15) is 17.5 Å². The van der Waals surface area contributed by atoms with Gasteiger partial charge in [-0.25, -0.2) is 13.8 Å². The average Bonchev–Trinajstić information content (AvgIpc) is 2.48. The first kappa shape index (κ1) is 14.9. The number of rotatable bonds is 4. The molecule has 110 valence electrons. The number of benzene rings is 1. The quantitative estimate of drug-likeness (QED) is 0.941. The van der Waals surface area contributed by atoms with Gasteiger partial charge in [-0.2, -0.15) is 0 Å². The van der Waals surface area contributed by atoms with Crippen LogP contribution < -0.4 is 10.2 Å². The lowest BCUT2D eigenvalue weighted by molar-refractivity contribution is 0.0993. The zero-order valence-electron chi connectivity index (χ0n) is 11.7. The van der Waals surface area contributed by atoms with Gasteiger partial charge < -0.3 is 10.2 Å². The van der Waals surface area contributed by atoms with Gasteiger partial charge >= 0.3 is 0 Å². The highest BCUT2D eigenvalue weighted by Gasteiger charge is 2.19. The van der Waals surface area contributed by atoms with E-state index in [0.29, 0.717) is 18.1 Å². The molecule has 21 heavy (non-hydrogen) atoms. The van der Waals surface area contributed by atoms with Gasteiger partial charge in [-0.05, 0) is 31.2 Å². The molecule has 2 aromatic rings. The highest BCUT2D eigenvalue weighted by molar-refractivity contribution is 6.08. The Morgan fingerprint density at radius 1 is 1.29 bits per heavy atom. The third-order valence-corrected chi connectivity index (χ3v) is 2.93. The van der Waals surface area contributed by atoms with E-state index in [-0.39, 0.29) is 5.56 Å². The molecule has 0 unspecified atom stereocenters. The number of hydrogen-bond acceptors (Lipinski definition) is 3. The number of carbonyl (C=O) groups excluding carboxylic acids is 1. The van der Waals surface area contributed by atoms with Crippen molar-refractivity contribution in [1.82, 2.24) is 4.98 Å². The summed E-state index contributed by atoms with van der Waals surface area (Å²) in [6, 6.07) is 6.74. The highest BCUT2D eigenvalue weighted by atomic mass is 19.1. The molecule has 0 saturated carbocycles. The number of aromatic nitrogens is 1. The normalized spacial score (nSPS) is 10.3. The number of nitrogens with one attached hydrogen (secondary N) is 1. The lowest BCUT2D eigenvalue weighted by atomic mass is 10.2. The molecular formula is C15H15F2N3O. The third kappa shape index (κ3) is 3.34. The maximum atomic E-state index is 13.4. The van der Waals surface area contributed by atoms with Gasteiger partial charge in [0, 0.05) is 19.3 Å². The molecule has 1 amide bonds. The number of amides is 1. The van der Waals surface area contributed by atoms with Crippen LogP contribution in [0.25, 0.3) is 0 Å². The van der Waals surface area contributed by atoms with E-state index in [4.69, 9.17) is 0 Å².